The number of rotatable bonds is 5. The molecule has 1 unspecified atom stereocenters. The maximum absolute atomic E-state index is 11.3. The van der Waals surface area contributed by atoms with Crippen molar-refractivity contribution in [1.82, 2.24) is 15.0 Å². The minimum Gasteiger partial charge on any atom is -0.495 e. The average Bonchev–Trinajstić information content (AvgIpc) is 3.85. The van der Waals surface area contributed by atoms with Gasteiger partial charge in [-0.3, -0.25) is 9.59 Å². The summed E-state index contributed by atoms with van der Waals surface area (Å²) in [6.45, 7) is 5.34. The molecule has 0 saturated carbocycles. The van der Waals surface area contributed by atoms with Gasteiger partial charge in [0.1, 0.15) is 11.5 Å². The first-order valence-electron chi connectivity index (χ1n) is 15.3. The SMILES string of the molecule is CC(C)(C)C(=O)Cl.COc1ccc(Cl)cc1NC(N)=S.COc1ccc(Cl)cc1Nc1nc2c(s1)Cc1nc(N)sc1-2.Nc1nc2c(s1)C(=O)C(Br)C2. The normalized spacial score (nSPS) is 13.5. The van der Waals surface area contributed by atoms with Crippen LogP contribution >= 0.6 is 97.0 Å². The number of thiocarbonyl (C=S) groups is 1. The van der Waals surface area contributed by atoms with Crippen molar-refractivity contribution >= 4 is 140 Å². The van der Waals surface area contributed by atoms with E-state index in [2.05, 4.69) is 41.5 Å². The van der Waals surface area contributed by atoms with Gasteiger partial charge in [0.25, 0.3) is 0 Å². The first-order chi connectivity index (χ1) is 24.9. The van der Waals surface area contributed by atoms with Crippen LogP contribution in [0.5, 0.6) is 11.5 Å². The zero-order chi connectivity index (χ0) is 39.2. The number of nitrogens with two attached hydrogens (primary N) is 3. The maximum atomic E-state index is 11.3. The van der Waals surface area contributed by atoms with Gasteiger partial charge in [0.05, 0.1) is 57.3 Å². The van der Waals surface area contributed by atoms with E-state index in [0.29, 0.717) is 38.2 Å². The molecule has 0 aliphatic heterocycles. The number of halogens is 4. The molecule has 3 aromatic heterocycles. The average molecular weight is 921 g/mol. The summed E-state index contributed by atoms with van der Waals surface area (Å²) >= 11 is 29.3. The third-order valence-corrected chi connectivity index (χ3v) is 11.7. The Kier molecular flexibility index (Phi) is 14.7. The van der Waals surface area contributed by atoms with Gasteiger partial charge in [-0.15, -0.1) is 11.3 Å². The van der Waals surface area contributed by atoms with Gasteiger partial charge in [-0.2, -0.15) is 0 Å². The van der Waals surface area contributed by atoms with Crippen molar-refractivity contribution in [3.63, 3.8) is 0 Å². The van der Waals surface area contributed by atoms with Crippen molar-refractivity contribution in [3.8, 4) is 22.1 Å². The van der Waals surface area contributed by atoms with Crippen LogP contribution in [-0.4, -0.2) is 50.1 Å². The van der Waals surface area contributed by atoms with Gasteiger partial charge >= 0.3 is 0 Å². The number of alkyl halides is 1. The molecule has 20 heteroatoms. The Balaban J connectivity index is 0.000000173. The van der Waals surface area contributed by atoms with Crippen LogP contribution in [0, 0.1) is 5.41 Å². The first-order valence-corrected chi connectivity index (χ1v) is 20.2. The van der Waals surface area contributed by atoms with E-state index in [0.717, 1.165) is 49.8 Å². The number of methoxy groups -OCH3 is 2. The Labute approximate surface area is 346 Å². The molecule has 1 atom stereocenters. The largest absolute Gasteiger partial charge is 0.495 e. The molecule has 2 aliphatic rings. The van der Waals surface area contributed by atoms with Crippen molar-refractivity contribution in [2.24, 2.45) is 11.1 Å². The van der Waals surface area contributed by atoms with Crippen LogP contribution in [0.15, 0.2) is 36.4 Å². The predicted molar refractivity (Wildman–Crippen MR) is 228 cm³/mol. The van der Waals surface area contributed by atoms with Crippen LogP contribution < -0.4 is 37.3 Å². The zero-order valence-corrected chi connectivity index (χ0v) is 35.9. The van der Waals surface area contributed by atoms with Gasteiger partial charge in [0, 0.05) is 33.2 Å². The Bertz CT molecular complexity index is 2140. The molecular formula is C33H34BrCl3N8O4S4. The molecule has 282 valence electrons. The Morgan fingerprint density at radius 3 is 1.98 bits per heavy atom. The lowest BCUT2D eigenvalue weighted by Crippen LogP contribution is -2.19. The molecule has 12 nitrogen and oxygen atoms in total. The van der Waals surface area contributed by atoms with E-state index in [1.807, 2.05) is 12.1 Å². The third-order valence-electron chi connectivity index (χ3n) is 6.96. The lowest BCUT2D eigenvalue weighted by molar-refractivity contribution is -0.118. The molecule has 7 rings (SSSR count). The van der Waals surface area contributed by atoms with Gasteiger partial charge in [0.2, 0.25) is 5.24 Å². The van der Waals surface area contributed by atoms with Crippen molar-refractivity contribution < 1.29 is 19.1 Å². The van der Waals surface area contributed by atoms with Gasteiger partial charge < -0.3 is 37.3 Å². The van der Waals surface area contributed by atoms with Gasteiger partial charge in [-0.25, -0.2) is 15.0 Å². The highest BCUT2D eigenvalue weighted by Crippen LogP contribution is 2.45. The molecule has 5 aromatic rings. The molecule has 0 spiro atoms. The minimum atomic E-state index is -0.373. The topological polar surface area (TPSA) is 193 Å². The highest BCUT2D eigenvalue weighted by molar-refractivity contribution is 9.10. The van der Waals surface area contributed by atoms with E-state index < -0.39 is 0 Å². The number of nitrogens with zero attached hydrogens (tertiary/aromatic N) is 3. The summed E-state index contributed by atoms with van der Waals surface area (Å²) in [7, 11) is 3.19. The van der Waals surface area contributed by atoms with Crippen LogP contribution in [0.3, 0.4) is 0 Å². The number of carbonyl (C=O) groups excluding carboxylic acids is 2. The van der Waals surface area contributed by atoms with Crippen LogP contribution in [0.2, 0.25) is 10.0 Å². The number of carbonyl (C=O) groups is 2. The zero-order valence-electron chi connectivity index (χ0n) is 28.8. The number of aromatic nitrogens is 3. The fourth-order valence-corrected chi connectivity index (χ4v) is 8.35. The molecule has 2 aromatic carbocycles. The number of nitrogens with one attached hydrogen (secondary N) is 2. The quantitative estimate of drug-likeness (QED) is 0.0625. The number of benzene rings is 2. The molecule has 0 radical (unpaired) electrons. The molecule has 2 aliphatic carbocycles. The summed E-state index contributed by atoms with van der Waals surface area (Å²) in [5, 5.41) is 9.07. The monoisotopic (exact) mass is 918 g/mol. The van der Waals surface area contributed by atoms with E-state index >= 15 is 0 Å². The van der Waals surface area contributed by atoms with E-state index in [4.69, 9.17) is 73.7 Å². The number of thiazole rings is 3. The van der Waals surface area contributed by atoms with E-state index in [-0.39, 0.29) is 26.4 Å². The molecule has 53 heavy (non-hydrogen) atoms. The number of Topliss-reactive ketones (excluding diaryl/α,β-unsaturated/α-hetero) is 1. The van der Waals surface area contributed by atoms with Gasteiger partial charge in [-0.05, 0) is 60.2 Å². The van der Waals surface area contributed by atoms with Crippen molar-refractivity contribution in [1.29, 1.82) is 0 Å². The van der Waals surface area contributed by atoms with Crippen molar-refractivity contribution in [2.75, 3.05) is 36.3 Å². The number of ketones is 1. The van der Waals surface area contributed by atoms with E-state index in [1.54, 1.807) is 70.6 Å². The third kappa shape index (κ3) is 11.4. The summed E-state index contributed by atoms with van der Waals surface area (Å²) < 4.78 is 10.4. The Hall–Kier alpha value is -3.29. The van der Waals surface area contributed by atoms with Gasteiger partial charge in [-0.1, -0.05) is 82.6 Å². The lowest BCUT2D eigenvalue weighted by Gasteiger charge is -2.09. The van der Waals surface area contributed by atoms with Crippen LogP contribution in [0.1, 0.15) is 46.7 Å². The number of anilines is 5. The van der Waals surface area contributed by atoms with Crippen LogP contribution in [0.25, 0.3) is 10.6 Å². The summed E-state index contributed by atoms with van der Waals surface area (Å²) in [5.41, 5.74) is 20.5. The summed E-state index contributed by atoms with van der Waals surface area (Å²) in [6, 6.07) is 10.6. The number of nitrogen functional groups attached to an aromatic ring is 2. The maximum Gasteiger partial charge on any atom is 0.226 e. The fourth-order valence-electron chi connectivity index (χ4n) is 4.44. The van der Waals surface area contributed by atoms with Crippen LogP contribution in [-0.2, 0) is 17.6 Å². The van der Waals surface area contributed by atoms with E-state index in [1.165, 1.54) is 27.6 Å². The molecule has 0 saturated heterocycles. The number of hydrogen-bond acceptors (Lipinski definition) is 14. The number of ether oxygens (including phenoxy) is 2. The Morgan fingerprint density at radius 1 is 0.925 bits per heavy atom. The molecule has 0 fully saturated rings. The summed E-state index contributed by atoms with van der Waals surface area (Å²) in [4.78, 5) is 37.5. The molecule has 8 N–H and O–H groups in total. The number of fused-ring (bicyclic) bond motifs is 4. The standard InChI is InChI=1S/C14H11ClN4OS2.C8H9ClN2OS.C6H5BrN2OS.C5H9ClO/c1-20-9-3-2-6(15)4-7(9)18-14-19-11-10(21-14)5-8-12(11)22-13(16)17-8;1-12-7-3-2-5(9)4-6(7)11-8(10)13;7-2-1-3-5(4(2)10)11-6(8)9-3;1-5(2,3)4(6)7/h2-4H,5H2,1H3,(H2,16,17)(H,18,19);2-4H,1H3,(H3,10,11,13);2H,1H2,(H2,8,9);1-3H3. The van der Waals surface area contributed by atoms with Gasteiger partial charge in [0.15, 0.2) is 26.3 Å². The highest BCUT2D eigenvalue weighted by atomic mass is 79.9. The second kappa shape index (κ2) is 18.4. The fraction of sp³-hybridized carbons (Fsp3) is 0.273. The molecule has 3 heterocycles. The van der Waals surface area contributed by atoms with Crippen molar-refractivity contribution in [3.05, 3.63) is 67.6 Å². The first kappa shape index (κ1) is 42.5. The highest BCUT2D eigenvalue weighted by Gasteiger charge is 2.32. The predicted octanol–water partition coefficient (Wildman–Crippen LogP) is 9.19. The summed E-state index contributed by atoms with van der Waals surface area (Å²) in [5.74, 6) is 1.49. The minimum absolute atomic E-state index is 0.0724. The molecule has 0 bridgehead atoms. The van der Waals surface area contributed by atoms with Crippen LogP contribution in [0.4, 0.5) is 26.8 Å². The molecular weight excluding hydrogens is 887 g/mol. The number of hydrogen-bond donors (Lipinski definition) is 5. The molecule has 0 amide bonds. The Morgan fingerprint density at radius 2 is 1.45 bits per heavy atom. The summed E-state index contributed by atoms with van der Waals surface area (Å²) in [6.07, 6.45) is 1.48. The van der Waals surface area contributed by atoms with Crippen molar-refractivity contribution in [2.45, 2.75) is 38.4 Å². The lowest BCUT2D eigenvalue weighted by atomic mass is 10.00. The smallest absolute Gasteiger partial charge is 0.226 e. The second-order valence-corrected chi connectivity index (χ2v) is 17.9. The second-order valence-electron chi connectivity index (χ2n) is 12.0. The van der Waals surface area contributed by atoms with E-state index in [9.17, 15) is 9.59 Å².